The number of hydrogen-bond donors (Lipinski definition) is 2. The molecule has 0 saturated heterocycles. The topological polar surface area (TPSA) is 73.6 Å². The third-order valence-electron chi connectivity index (χ3n) is 2.48. The van der Waals surface area contributed by atoms with Gasteiger partial charge in [-0.15, -0.1) is 0 Å². The van der Waals surface area contributed by atoms with Gasteiger partial charge in [0.25, 0.3) is 0 Å². The van der Waals surface area contributed by atoms with Crippen LogP contribution >= 0.6 is 0 Å². The maximum absolute atomic E-state index is 5.83. The molecule has 0 aliphatic heterocycles. The highest BCUT2D eigenvalue weighted by molar-refractivity contribution is 5.97. The van der Waals surface area contributed by atoms with Crippen LogP contribution in [0.5, 0.6) is 5.75 Å². The Bertz CT molecular complexity index is 520. The molecule has 0 saturated carbocycles. The number of nitrogens with zero attached hydrogens (tertiary/aromatic N) is 1. The summed E-state index contributed by atoms with van der Waals surface area (Å²) in [5.74, 6) is 0.987. The Morgan fingerprint density at radius 1 is 1.00 bits per heavy atom. The summed E-state index contributed by atoms with van der Waals surface area (Å²) in [4.78, 5) is 5.22. The van der Waals surface area contributed by atoms with Crippen molar-refractivity contribution in [3.05, 3.63) is 65.7 Å². The van der Waals surface area contributed by atoms with E-state index < -0.39 is 0 Å². The Balaban J connectivity index is 2.08. The average molecular weight is 241 g/mol. The molecule has 2 rings (SSSR count). The molecule has 92 valence electrons. The number of para-hydroxylation sites is 1. The maximum Gasteiger partial charge on any atom is 0.170 e. The second-order valence-corrected chi connectivity index (χ2v) is 3.78. The van der Waals surface area contributed by atoms with Gasteiger partial charge in [-0.2, -0.15) is 0 Å². The van der Waals surface area contributed by atoms with Crippen molar-refractivity contribution >= 4 is 5.84 Å². The van der Waals surface area contributed by atoms with E-state index in [1.165, 1.54) is 0 Å². The highest BCUT2D eigenvalue weighted by Crippen LogP contribution is 2.09. The lowest BCUT2D eigenvalue weighted by molar-refractivity contribution is 0.341. The summed E-state index contributed by atoms with van der Waals surface area (Å²) >= 11 is 0. The number of nitrogens with two attached hydrogens (primary N) is 2. The van der Waals surface area contributed by atoms with Crippen LogP contribution in [0, 0.1) is 0 Å². The first-order valence-corrected chi connectivity index (χ1v) is 5.64. The van der Waals surface area contributed by atoms with E-state index in [1.807, 2.05) is 54.6 Å². The van der Waals surface area contributed by atoms with Crippen LogP contribution in [0.3, 0.4) is 0 Å². The molecular formula is C14H15N3O. The van der Waals surface area contributed by atoms with Gasteiger partial charge in [-0.05, 0) is 17.7 Å². The van der Waals surface area contributed by atoms with Gasteiger partial charge in [0.05, 0.1) is 0 Å². The van der Waals surface area contributed by atoms with Gasteiger partial charge >= 0.3 is 0 Å². The molecule has 0 aliphatic carbocycles. The molecule has 0 spiro atoms. The van der Waals surface area contributed by atoms with Gasteiger partial charge in [0.1, 0.15) is 0 Å². The van der Waals surface area contributed by atoms with Gasteiger partial charge in [0.2, 0.25) is 0 Å². The molecule has 0 amide bonds. The van der Waals surface area contributed by atoms with Gasteiger partial charge in [-0.25, -0.2) is 0 Å². The van der Waals surface area contributed by atoms with E-state index in [4.69, 9.17) is 16.3 Å². The van der Waals surface area contributed by atoms with E-state index in [0.717, 1.165) is 11.1 Å². The van der Waals surface area contributed by atoms with Gasteiger partial charge in [0, 0.05) is 12.1 Å². The van der Waals surface area contributed by atoms with E-state index in [-0.39, 0.29) is 0 Å². The van der Waals surface area contributed by atoms with Gasteiger partial charge in [-0.1, -0.05) is 47.6 Å². The maximum atomic E-state index is 5.83. The van der Waals surface area contributed by atoms with Crippen LogP contribution in [-0.2, 0) is 6.54 Å². The minimum absolute atomic E-state index is 0.336. The van der Waals surface area contributed by atoms with Crippen LogP contribution in [-0.4, -0.2) is 5.84 Å². The Hall–Kier alpha value is -2.33. The van der Waals surface area contributed by atoms with Crippen LogP contribution in [0.4, 0.5) is 0 Å². The van der Waals surface area contributed by atoms with Crippen molar-refractivity contribution in [3.63, 3.8) is 0 Å². The Morgan fingerprint density at radius 3 is 2.28 bits per heavy atom. The van der Waals surface area contributed by atoms with Crippen molar-refractivity contribution in [1.29, 1.82) is 0 Å². The van der Waals surface area contributed by atoms with Gasteiger partial charge < -0.3 is 16.3 Å². The standard InChI is InChI=1S/C14H15N3O/c15-10-11-6-8-12(9-7-11)14(16)17-18-13-4-2-1-3-5-13/h1-9H,10,15H2,(H2,16,17). The fraction of sp³-hybridized carbons (Fsp3) is 0.0714. The van der Waals surface area contributed by atoms with E-state index >= 15 is 0 Å². The highest BCUT2D eigenvalue weighted by atomic mass is 16.6. The van der Waals surface area contributed by atoms with Crippen LogP contribution in [0.2, 0.25) is 0 Å². The molecular weight excluding hydrogens is 226 g/mol. The molecule has 2 aromatic rings. The lowest BCUT2D eigenvalue weighted by Gasteiger charge is -2.03. The number of amidine groups is 1. The molecule has 0 aromatic heterocycles. The second kappa shape index (κ2) is 5.84. The lowest BCUT2D eigenvalue weighted by atomic mass is 10.1. The molecule has 0 aliphatic rings. The van der Waals surface area contributed by atoms with Gasteiger partial charge in [-0.3, -0.25) is 0 Å². The molecule has 0 fully saturated rings. The number of oxime groups is 1. The summed E-state index contributed by atoms with van der Waals surface area (Å²) in [6.45, 7) is 0.512. The summed E-state index contributed by atoms with van der Waals surface area (Å²) in [6.07, 6.45) is 0. The van der Waals surface area contributed by atoms with Crippen molar-refractivity contribution < 1.29 is 4.84 Å². The molecule has 0 atom stereocenters. The van der Waals surface area contributed by atoms with Crippen LogP contribution < -0.4 is 16.3 Å². The van der Waals surface area contributed by atoms with E-state index in [0.29, 0.717) is 18.1 Å². The quantitative estimate of drug-likeness (QED) is 0.487. The normalized spacial score (nSPS) is 11.3. The minimum atomic E-state index is 0.336. The molecule has 0 unspecified atom stereocenters. The third-order valence-corrected chi connectivity index (χ3v) is 2.48. The first-order chi connectivity index (χ1) is 8.79. The van der Waals surface area contributed by atoms with Crippen molar-refractivity contribution in [2.75, 3.05) is 0 Å². The smallest absolute Gasteiger partial charge is 0.170 e. The predicted molar refractivity (Wildman–Crippen MR) is 72.1 cm³/mol. The first kappa shape index (κ1) is 12.1. The van der Waals surface area contributed by atoms with Crippen molar-refractivity contribution in [2.45, 2.75) is 6.54 Å². The molecule has 4 N–H and O–H groups in total. The number of benzene rings is 2. The largest absolute Gasteiger partial charge is 0.380 e. The van der Waals surface area contributed by atoms with Crippen molar-refractivity contribution in [2.24, 2.45) is 16.6 Å². The minimum Gasteiger partial charge on any atom is -0.380 e. The molecule has 4 heteroatoms. The van der Waals surface area contributed by atoms with Crippen molar-refractivity contribution in [3.8, 4) is 5.75 Å². The molecule has 0 bridgehead atoms. The summed E-state index contributed by atoms with van der Waals surface area (Å²) in [7, 11) is 0. The van der Waals surface area contributed by atoms with Gasteiger partial charge in [0.15, 0.2) is 11.6 Å². The van der Waals surface area contributed by atoms with E-state index in [2.05, 4.69) is 5.16 Å². The third kappa shape index (κ3) is 3.09. The lowest BCUT2D eigenvalue weighted by Crippen LogP contribution is -2.14. The Kier molecular flexibility index (Phi) is 3.94. The second-order valence-electron chi connectivity index (χ2n) is 3.78. The number of hydrogen-bond acceptors (Lipinski definition) is 3. The molecule has 2 aromatic carbocycles. The molecule has 0 heterocycles. The summed E-state index contributed by atoms with van der Waals surface area (Å²) in [6, 6.07) is 16.9. The van der Waals surface area contributed by atoms with Crippen LogP contribution in [0.1, 0.15) is 11.1 Å². The zero-order chi connectivity index (χ0) is 12.8. The zero-order valence-electron chi connectivity index (χ0n) is 9.91. The molecule has 18 heavy (non-hydrogen) atoms. The zero-order valence-corrected chi connectivity index (χ0v) is 9.91. The fourth-order valence-electron chi connectivity index (χ4n) is 1.45. The molecule has 0 radical (unpaired) electrons. The van der Waals surface area contributed by atoms with E-state index in [9.17, 15) is 0 Å². The first-order valence-electron chi connectivity index (χ1n) is 5.64. The fourth-order valence-corrected chi connectivity index (χ4v) is 1.45. The Labute approximate surface area is 106 Å². The SMILES string of the molecule is NCc1ccc(C(N)=NOc2ccccc2)cc1. The molecule has 4 nitrogen and oxygen atoms in total. The van der Waals surface area contributed by atoms with Crippen LogP contribution in [0.25, 0.3) is 0 Å². The summed E-state index contributed by atoms with van der Waals surface area (Å²) in [5, 5.41) is 3.88. The average Bonchev–Trinajstić information content (AvgIpc) is 2.46. The summed E-state index contributed by atoms with van der Waals surface area (Å²) < 4.78 is 0. The highest BCUT2D eigenvalue weighted by Gasteiger charge is 1.99. The monoisotopic (exact) mass is 241 g/mol. The number of rotatable bonds is 4. The van der Waals surface area contributed by atoms with E-state index in [1.54, 1.807) is 0 Å². The predicted octanol–water partition coefficient (Wildman–Crippen LogP) is 1.84. The van der Waals surface area contributed by atoms with Crippen molar-refractivity contribution in [1.82, 2.24) is 0 Å². The Morgan fingerprint density at radius 2 is 1.67 bits per heavy atom. The van der Waals surface area contributed by atoms with Crippen LogP contribution in [0.15, 0.2) is 59.8 Å². The summed E-state index contributed by atoms with van der Waals surface area (Å²) in [5.41, 5.74) is 13.2.